The summed E-state index contributed by atoms with van der Waals surface area (Å²) in [5.74, 6) is 3.00. The number of nitrogens with zero attached hydrogens (tertiary/aromatic N) is 4. The van der Waals surface area contributed by atoms with Gasteiger partial charge in [-0.05, 0) is 11.8 Å². The molecule has 3 heterocycles. The molecular weight excluding hydrogens is 350 g/mol. The van der Waals surface area contributed by atoms with E-state index >= 15 is 0 Å². The van der Waals surface area contributed by atoms with E-state index in [1.807, 2.05) is 0 Å². The molecule has 0 bridgehead atoms. The molecule has 3 N–H and O–H groups in total. The fourth-order valence-corrected chi connectivity index (χ4v) is 3.35. The summed E-state index contributed by atoms with van der Waals surface area (Å²) in [5, 5.41) is 24.1. The fourth-order valence-electron chi connectivity index (χ4n) is 3.35. The number of fused-ring (bicyclic) bond motifs is 1. The molecule has 5 atom stereocenters. The summed E-state index contributed by atoms with van der Waals surface area (Å²) >= 11 is 0. The van der Waals surface area contributed by atoms with Crippen LogP contribution in [0.2, 0.25) is 0 Å². The van der Waals surface area contributed by atoms with Crippen molar-refractivity contribution in [3.05, 3.63) is 12.7 Å². The Morgan fingerprint density at radius 1 is 1.37 bits per heavy atom. The molecule has 9 nitrogen and oxygen atoms in total. The SMILES string of the molecule is C#CCOC[C@H]1O[C@@H](n2cnc3c(NC4CC4(C)C)ncnc32)[C@H](O)[C@@H]1O. The van der Waals surface area contributed by atoms with E-state index in [1.54, 1.807) is 4.57 Å². The Hall–Kier alpha value is -2.25. The molecule has 0 aromatic carbocycles. The van der Waals surface area contributed by atoms with Gasteiger partial charge in [0.05, 0.1) is 12.9 Å². The van der Waals surface area contributed by atoms with E-state index in [2.05, 4.69) is 40.0 Å². The molecule has 9 heteroatoms. The zero-order valence-electron chi connectivity index (χ0n) is 15.2. The maximum atomic E-state index is 10.4. The van der Waals surface area contributed by atoms with E-state index < -0.39 is 24.5 Å². The van der Waals surface area contributed by atoms with Crippen LogP contribution in [0.1, 0.15) is 26.5 Å². The lowest BCUT2D eigenvalue weighted by molar-refractivity contribution is -0.0615. The molecule has 27 heavy (non-hydrogen) atoms. The molecule has 0 radical (unpaired) electrons. The average Bonchev–Trinajstić information content (AvgIpc) is 2.95. The third kappa shape index (κ3) is 3.26. The van der Waals surface area contributed by atoms with Crippen LogP contribution in [-0.4, -0.2) is 67.3 Å². The van der Waals surface area contributed by atoms with E-state index in [1.165, 1.54) is 12.7 Å². The molecule has 1 saturated heterocycles. The van der Waals surface area contributed by atoms with Gasteiger partial charge in [0.2, 0.25) is 0 Å². The first-order valence-electron chi connectivity index (χ1n) is 8.89. The minimum absolute atomic E-state index is 0.0874. The summed E-state index contributed by atoms with van der Waals surface area (Å²) in [7, 11) is 0. The Morgan fingerprint density at radius 2 is 2.15 bits per heavy atom. The zero-order chi connectivity index (χ0) is 19.2. The number of imidazole rings is 1. The van der Waals surface area contributed by atoms with Gasteiger partial charge in [-0.3, -0.25) is 4.57 Å². The second-order valence-corrected chi connectivity index (χ2v) is 7.70. The highest BCUT2D eigenvalue weighted by Crippen LogP contribution is 2.46. The number of anilines is 1. The van der Waals surface area contributed by atoms with Crippen molar-refractivity contribution >= 4 is 17.0 Å². The van der Waals surface area contributed by atoms with Crippen molar-refractivity contribution in [2.75, 3.05) is 18.5 Å². The Morgan fingerprint density at radius 3 is 2.85 bits per heavy atom. The van der Waals surface area contributed by atoms with Crippen molar-refractivity contribution in [3.63, 3.8) is 0 Å². The number of nitrogens with one attached hydrogen (secondary N) is 1. The number of terminal acetylenes is 1. The Labute approximate surface area is 156 Å². The molecule has 2 aliphatic rings. The van der Waals surface area contributed by atoms with Crippen molar-refractivity contribution in [3.8, 4) is 12.3 Å². The zero-order valence-corrected chi connectivity index (χ0v) is 15.2. The van der Waals surface area contributed by atoms with Gasteiger partial charge in [0.15, 0.2) is 23.2 Å². The molecule has 2 fully saturated rings. The topological polar surface area (TPSA) is 115 Å². The summed E-state index contributed by atoms with van der Waals surface area (Å²) in [6.07, 6.45) is 5.44. The van der Waals surface area contributed by atoms with Gasteiger partial charge in [0, 0.05) is 6.04 Å². The fraction of sp³-hybridized carbons (Fsp3) is 0.611. The van der Waals surface area contributed by atoms with Gasteiger partial charge < -0.3 is 25.0 Å². The van der Waals surface area contributed by atoms with Crippen molar-refractivity contribution in [2.45, 2.75) is 50.8 Å². The van der Waals surface area contributed by atoms with E-state index in [0.717, 1.165) is 6.42 Å². The van der Waals surface area contributed by atoms with Gasteiger partial charge in [0.25, 0.3) is 0 Å². The molecule has 0 spiro atoms. The standard InChI is InChI=1S/C18H23N5O4/c1-4-5-26-7-10-13(24)14(25)17(27-10)23-9-21-12-15(19-8-20-16(12)23)22-11-6-18(11,2)3/h1,8-11,13-14,17,24-25H,5-7H2,2-3H3,(H,19,20,22)/t10-,11?,13-,14-,17-/m1/s1. The minimum Gasteiger partial charge on any atom is -0.387 e. The Balaban J connectivity index is 1.56. The summed E-state index contributed by atoms with van der Waals surface area (Å²) in [6.45, 7) is 4.58. The Kier molecular flexibility index (Phi) is 4.52. The van der Waals surface area contributed by atoms with E-state index in [9.17, 15) is 10.2 Å². The first-order chi connectivity index (χ1) is 12.9. The number of aliphatic hydroxyl groups excluding tert-OH is 2. The summed E-state index contributed by atoms with van der Waals surface area (Å²) in [5.41, 5.74) is 1.35. The average molecular weight is 373 g/mol. The lowest BCUT2D eigenvalue weighted by atomic mass is 10.1. The molecule has 2 aromatic rings. The van der Waals surface area contributed by atoms with Crippen LogP contribution in [0.4, 0.5) is 5.82 Å². The second-order valence-electron chi connectivity index (χ2n) is 7.70. The van der Waals surface area contributed by atoms with Crippen LogP contribution < -0.4 is 5.32 Å². The molecule has 1 aliphatic carbocycles. The van der Waals surface area contributed by atoms with Crippen LogP contribution in [0.25, 0.3) is 11.2 Å². The van der Waals surface area contributed by atoms with Crippen LogP contribution in [0.3, 0.4) is 0 Å². The quantitative estimate of drug-likeness (QED) is 0.489. The van der Waals surface area contributed by atoms with Gasteiger partial charge in [-0.25, -0.2) is 15.0 Å². The smallest absolute Gasteiger partial charge is 0.167 e. The third-order valence-electron chi connectivity index (χ3n) is 5.26. The monoisotopic (exact) mass is 373 g/mol. The predicted molar refractivity (Wildman–Crippen MR) is 96.7 cm³/mol. The van der Waals surface area contributed by atoms with Crippen LogP contribution in [-0.2, 0) is 9.47 Å². The number of rotatable bonds is 6. The molecule has 144 valence electrons. The van der Waals surface area contributed by atoms with Crippen LogP contribution in [0, 0.1) is 17.8 Å². The number of hydrogen-bond donors (Lipinski definition) is 3. The molecule has 1 aliphatic heterocycles. The number of aliphatic hydroxyl groups is 2. The number of hydrogen-bond acceptors (Lipinski definition) is 8. The van der Waals surface area contributed by atoms with Crippen LogP contribution in [0.5, 0.6) is 0 Å². The molecule has 0 amide bonds. The summed E-state index contributed by atoms with van der Waals surface area (Å²) in [4.78, 5) is 13.0. The molecular formula is C18H23N5O4. The number of ether oxygens (including phenoxy) is 2. The molecule has 2 aromatic heterocycles. The van der Waals surface area contributed by atoms with Crippen molar-refractivity contribution in [1.82, 2.24) is 19.5 Å². The van der Waals surface area contributed by atoms with Gasteiger partial charge in [-0.2, -0.15) is 0 Å². The first-order valence-corrected chi connectivity index (χ1v) is 8.89. The normalized spacial score (nSPS) is 31.7. The van der Waals surface area contributed by atoms with Crippen molar-refractivity contribution in [2.24, 2.45) is 5.41 Å². The van der Waals surface area contributed by atoms with E-state index in [0.29, 0.717) is 23.0 Å². The lowest BCUT2D eigenvalue weighted by Gasteiger charge is -2.16. The van der Waals surface area contributed by atoms with Crippen LogP contribution >= 0.6 is 0 Å². The Bertz CT molecular complexity index is 876. The minimum atomic E-state index is -1.14. The highest BCUT2D eigenvalue weighted by Gasteiger charge is 2.47. The number of aromatic nitrogens is 4. The van der Waals surface area contributed by atoms with Crippen molar-refractivity contribution < 1.29 is 19.7 Å². The first kappa shape index (κ1) is 18.1. The lowest BCUT2D eigenvalue weighted by Crippen LogP contribution is -2.33. The van der Waals surface area contributed by atoms with Crippen molar-refractivity contribution in [1.29, 1.82) is 0 Å². The highest BCUT2D eigenvalue weighted by atomic mass is 16.6. The van der Waals surface area contributed by atoms with Crippen LogP contribution in [0.15, 0.2) is 12.7 Å². The van der Waals surface area contributed by atoms with Gasteiger partial charge in [-0.15, -0.1) is 6.42 Å². The van der Waals surface area contributed by atoms with Gasteiger partial charge >= 0.3 is 0 Å². The predicted octanol–water partition coefficient (Wildman–Crippen LogP) is 0.306. The second kappa shape index (κ2) is 6.73. The molecule has 1 saturated carbocycles. The maximum absolute atomic E-state index is 10.4. The third-order valence-corrected chi connectivity index (χ3v) is 5.26. The maximum Gasteiger partial charge on any atom is 0.167 e. The van der Waals surface area contributed by atoms with E-state index in [-0.39, 0.29) is 18.6 Å². The molecule has 1 unspecified atom stereocenters. The van der Waals surface area contributed by atoms with Gasteiger partial charge in [0.1, 0.15) is 31.2 Å². The van der Waals surface area contributed by atoms with E-state index in [4.69, 9.17) is 15.9 Å². The largest absolute Gasteiger partial charge is 0.387 e. The van der Waals surface area contributed by atoms with Gasteiger partial charge in [-0.1, -0.05) is 19.8 Å². The summed E-state index contributed by atoms with van der Waals surface area (Å²) in [6, 6.07) is 0.341. The highest BCUT2D eigenvalue weighted by molar-refractivity contribution is 5.83. The molecule has 4 rings (SSSR count). The summed E-state index contributed by atoms with van der Waals surface area (Å²) < 4.78 is 12.6.